The first-order valence-corrected chi connectivity index (χ1v) is 2.77. The summed E-state index contributed by atoms with van der Waals surface area (Å²) in [6, 6.07) is 0. The molecule has 1 N–H and O–H groups in total. The van der Waals surface area contributed by atoms with Crippen molar-refractivity contribution in [1.82, 2.24) is 5.48 Å². The van der Waals surface area contributed by atoms with Crippen LogP contribution in [0.1, 0.15) is 6.92 Å². The number of hydrogen-bond acceptors (Lipinski definition) is 3. The van der Waals surface area contributed by atoms with Crippen molar-refractivity contribution < 1.29 is 14.4 Å². The molecule has 1 saturated heterocycles. The van der Waals surface area contributed by atoms with Gasteiger partial charge in [0.05, 0.1) is 0 Å². The van der Waals surface area contributed by atoms with Crippen LogP contribution in [0.2, 0.25) is 0 Å². The molecule has 0 atom stereocenters. The molecular weight excluding hydrogens is 134 g/mol. The van der Waals surface area contributed by atoms with Crippen molar-refractivity contribution in [3.8, 4) is 0 Å². The lowest BCUT2D eigenvalue weighted by atomic mass is 10.2. The van der Waals surface area contributed by atoms with E-state index in [0.717, 1.165) is 0 Å². The Morgan fingerprint density at radius 3 is 2.60 bits per heavy atom. The van der Waals surface area contributed by atoms with E-state index in [1.54, 1.807) is 13.3 Å². The van der Waals surface area contributed by atoms with Crippen LogP contribution in [0.25, 0.3) is 0 Å². The normalized spacial score (nSPS) is 21.1. The summed E-state index contributed by atoms with van der Waals surface area (Å²) >= 11 is 0. The predicted molar refractivity (Wildman–Crippen MR) is 32.3 cm³/mol. The molecule has 1 amide bonds. The largest absolute Gasteiger partial charge is 0.368 e. The number of hydrogen-bond donors (Lipinski definition) is 1. The smallest absolute Gasteiger partial charge is 0.335 e. The Hall–Kier alpha value is -1.32. The van der Waals surface area contributed by atoms with Gasteiger partial charge in [-0.25, -0.2) is 4.79 Å². The average molecular weight is 140 g/mol. The zero-order valence-electron chi connectivity index (χ0n) is 5.38. The molecule has 4 nitrogen and oxygen atoms in total. The summed E-state index contributed by atoms with van der Waals surface area (Å²) in [5.41, 5.74) is 1.97. The van der Waals surface area contributed by atoms with Gasteiger partial charge in [0.25, 0.3) is 5.91 Å². The lowest BCUT2D eigenvalue weighted by molar-refractivity contribution is -0.143. The minimum Gasteiger partial charge on any atom is -0.335 e. The Balaban J connectivity index is 2.82. The monoisotopic (exact) mass is 140 g/mol. The van der Waals surface area contributed by atoms with Gasteiger partial charge in [-0.3, -0.25) is 4.79 Å². The highest BCUT2D eigenvalue weighted by Crippen LogP contribution is 2.04. The molecule has 1 radical (unpaired) electrons. The van der Waals surface area contributed by atoms with Crippen molar-refractivity contribution in [2.24, 2.45) is 0 Å². The summed E-state index contributed by atoms with van der Waals surface area (Å²) in [6.07, 6.45) is 3.01. The summed E-state index contributed by atoms with van der Waals surface area (Å²) in [7, 11) is 0. The van der Waals surface area contributed by atoms with Crippen molar-refractivity contribution in [1.29, 1.82) is 0 Å². The van der Waals surface area contributed by atoms with Gasteiger partial charge in [0.15, 0.2) is 0 Å². The maximum absolute atomic E-state index is 10.6. The Kier molecular flexibility index (Phi) is 1.71. The number of carbonyl (C=O) groups excluding carboxylic acids is 2. The third kappa shape index (κ3) is 1.00. The lowest BCUT2D eigenvalue weighted by Gasteiger charge is -1.81. The van der Waals surface area contributed by atoms with E-state index in [0.29, 0.717) is 0 Å². The zero-order chi connectivity index (χ0) is 7.56. The van der Waals surface area contributed by atoms with Crippen molar-refractivity contribution in [3.05, 3.63) is 18.1 Å². The molecule has 1 aliphatic heterocycles. The first kappa shape index (κ1) is 6.80. The van der Waals surface area contributed by atoms with E-state index in [-0.39, 0.29) is 5.57 Å². The molecule has 0 aliphatic carbocycles. The molecule has 10 heavy (non-hydrogen) atoms. The van der Waals surface area contributed by atoms with Gasteiger partial charge in [0, 0.05) is 0 Å². The Morgan fingerprint density at radius 2 is 2.20 bits per heavy atom. The number of allylic oxidation sites excluding steroid dienone is 1. The first-order valence-electron chi connectivity index (χ1n) is 2.77. The lowest BCUT2D eigenvalue weighted by Crippen LogP contribution is -2.12. The molecule has 53 valence electrons. The molecule has 0 spiro atoms. The van der Waals surface area contributed by atoms with Gasteiger partial charge < -0.3 is 4.84 Å². The summed E-state index contributed by atoms with van der Waals surface area (Å²) in [5, 5.41) is 0. The van der Waals surface area contributed by atoms with Gasteiger partial charge in [0.1, 0.15) is 5.57 Å². The number of hydroxylamine groups is 1. The highest BCUT2D eigenvalue weighted by Gasteiger charge is 2.27. The van der Waals surface area contributed by atoms with Crippen molar-refractivity contribution in [3.63, 3.8) is 0 Å². The van der Waals surface area contributed by atoms with Gasteiger partial charge in [0.2, 0.25) is 0 Å². The van der Waals surface area contributed by atoms with Crippen LogP contribution in [-0.2, 0) is 14.4 Å². The first-order chi connectivity index (χ1) is 4.75. The summed E-state index contributed by atoms with van der Waals surface area (Å²) in [4.78, 5) is 25.4. The molecular formula is C6H6NO3. The molecule has 1 fully saturated rings. The van der Waals surface area contributed by atoms with E-state index in [4.69, 9.17) is 0 Å². The number of carbonyl (C=O) groups is 2. The molecule has 0 aromatic rings. The van der Waals surface area contributed by atoms with E-state index < -0.39 is 11.9 Å². The second kappa shape index (κ2) is 2.51. The quantitative estimate of drug-likeness (QED) is 0.402. The second-order valence-electron chi connectivity index (χ2n) is 1.73. The van der Waals surface area contributed by atoms with Gasteiger partial charge in [-0.05, 0) is 6.42 Å². The van der Waals surface area contributed by atoms with Gasteiger partial charge in [-0.2, -0.15) is 5.48 Å². The van der Waals surface area contributed by atoms with Crippen LogP contribution in [0.3, 0.4) is 0 Å². The molecule has 1 aliphatic rings. The van der Waals surface area contributed by atoms with Crippen LogP contribution in [0.4, 0.5) is 0 Å². The van der Waals surface area contributed by atoms with Crippen LogP contribution in [0, 0.1) is 6.42 Å². The van der Waals surface area contributed by atoms with Crippen LogP contribution in [-0.4, -0.2) is 11.9 Å². The minimum absolute atomic E-state index is 0.0440. The predicted octanol–water partition coefficient (Wildman–Crippen LogP) is -0.275. The number of rotatable bonds is 1. The highest BCUT2D eigenvalue weighted by atomic mass is 16.7. The highest BCUT2D eigenvalue weighted by molar-refractivity contribution is 6.19. The fraction of sp³-hybridized carbons (Fsp3) is 0.167. The molecule has 0 unspecified atom stereocenters. The maximum atomic E-state index is 10.6. The SMILES string of the molecule is C[CH]/C=C1/C(=O)NOC1=O. The van der Waals surface area contributed by atoms with Crippen LogP contribution >= 0.6 is 0 Å². The van der Waals surface area contributed by atoms with E-state index in [9.17, 15) is 9.59 Å². The van der Waals surface area contributed by atoms with Crippen LogP contribution in [0.5, 0.6) is 0 Å². The van der Waals surface area contributed by atoms with Gasteiger partial charge in [-0.1, -0.05) is 13.0 Å². The summed E-state index contributed by atoms with van der Waals surface area (Å²) in [5.74, 6) is -1.11. The maximum Gasteiger partial charge on any atom is 0.368 e. The zero-order valence-corrected chi connectivity index (χ0v) is 5.38. The molecule has 1 heterocycles. The third-order valence-corrected chi connectivity index (χ3v) is 1.03. The van der Waals surface area contributed by atoms with Crippen molar-refractivity contribution in [2.45, 2.75) is 6.92 Å². The van der Waals surface area contributed by atoms with E-state index in [1.807, 2.05) is 5.48 Å². The minimum atomic E-state index is -0.622. The number of nitrogens with one attached hydrogen (secondary N) is 1. The summed E-state index contributed by atoms with van der Waals surface area (Å²) in [6.45, 7) is 1.71. The molecule has 0 aromatic carbocycles. The van der Waals surface area contributed by atoms with Crippen molar-refractivity contribution in [2.75, 3.05) is 0 Å². The van der Waals surface area contributed by atoms with E-state index in [2.05, 4.69) is 4.84 Å². The molecule has 0 saturated carbocycles. The Bertz CT molecular complexity index is 189. The molecule has 1 rings (SSSR count). The fourth-order valence-corrected chi connectivity index (χ4v) is 0.606. The molecule has 0 aromatic heterocycles. The second-order valence-corrected chi connectivity index (χ2v) is 1.73. The Morgan fingerprint density at radius 1 is 1.50 bits per heavy atom. The topological polar surface area (TPSA) is 55.4 Å². The fourth-order valence-electron chi connectivity index (χ4n) is 0.606. The third-order valence-electron chi connectivity index (χ3n) is 1.03. The average Bonchev–Trinajstić information content (AvgIpc) is 2.20. The standard InChI is InChI=1S/C6H6NO3/c1-2-3-4-5(8)7-10-6(4)9/h2-3H,1H3,(H,7,8)/b4-3-. The van der Waals surface area contributed by atoms with Crippen LogP contribution in [0.15, 0.2) is 11.6 Å². The van der Waals surface area contributed by atoms with Gasteiger partial charge in [-0.15, -0.1) is 0 Å². The molecule has 4 heteroatoms. The molecule has 0 bridgehead atoms. The Labute approximate surface area is 57.8 Å². The van der Waals surface area contributed by atoms with Crippen molar-refractivity contribution >= 4 is 11.9 Å². The van der Waals surface area contributed by atoms with E-state index in [1.165, 1.54) is 6.08 Å². The number of amides is 1. The summed E-state index contributed by atoms with van der Waals surface area (Å²) < 4.78 is 0. The van der Waals surface area contributed by atoms with Crippen LogP contribution < -0.4 is 5.48 Å². The van der Waals surface area contributed by atoms with Gasteiger partial charge >= 0.3 is 5.97 Å². The van der Waals surface area contributed by atoms with E-state index >= 15 is 0 Å².